The van der Waals surface area contributed by atoms with Gasteiger partial charge in [0.2, 0.25) is 5.95 Å². The minimum atomic E-state index is 0.668. The molecule has 0 saturated heterocycles. The Balaban J connectivity index is 1.80. The maximum Gasteiger partial charge on any atom is 0.222 e. The van der Waals surface area contributed by atoms with E-state index in [0.29, 0.717) is 5.95 Å². The summed E-state index contributed by atoms with van der Waals surface area (Å²) in [4.78, 5) is 8.14. The van der Waals surface area contributed by atoms with Crippen molar-refractivity contribution in [3.05, 3.63) is 36.4 Å². The second-order valence-electron chi connectivity index (χ2n) is 3.27. The lowest BCUT2D eigenvalue weighted by molar-refractivity contribution is 0.766. The Hall–Kier alpha value is -1.91. The van der Waals surface area contributed by atoms with Crippen LogP contribution in [0.5, 0.6) is 0 Å². The number of hydrogen-bond donors (Lipinski definition) is 1. The summed E-state index contributed by atoms with van der Waals surface area (Å²) in [7, 11) is 1.91. The molecule has 0 bridgehead atoms. The molecular formula is C10H13N5. The molecule has 0 atom stereocenters. The van der Waals surface area contributed by atoms with Crippen LogP contribution < -0.4 is 5.32 Å². The first-order valence-corrected chi connectivity index (χ1v) is 4.83. The van der Waals surface area contributed by atoms with Gasteiger partial charge in [-0.2, -0.15) is 5.10 Å². The van der Waals surface area contributed by atoms with Crippen LogP contribution in [0.3, 0.4) is 0 Å². The Bertz CT molecular complexity index is 409. The summed E-state index contributed by atoms with van der Waals surface area (Å²) in [5, 5.41) is 7.24. The molecule has 78 valence electrons. The number of aryl methyl sites for hydroxylation is 1. The molecule has 2 aromatic heterocycles. The summed E-state index contributed by atoms with van der Waals surface area (Å²) >= 11 is 0. The number of hydrogen-bond acceptors (Lipinski definition) is 4. The molecule has 0 aliphatic heterocycles. The smallest absolute Gasteiger partial charge is 0.222 e. The number of aromatic nitrogens is 4. The molecule has 0 unspecified atom stereocenters. The maximum atomic E-state index is 4.10. The lowest BCUT2D eigenvalue weighted by Crippen LogP contribution is -2.06. The summed E-state index contributed by atoms with van der Waals surface area (Å²) < 4.78 is 1.80. The van der Waals surface area contributed by atoms with Crippen molar-refractivity contribution in [3.63, 3.8) is 0 Å². The van der Waals surface area contributed by atoms with Crippen molar-refractivity contribution in [2.75, 3.05) is 11.9 Å². The molecule has 0 fully saturated rings. The molecule has 0 radical (unpaired) electrons. The van der Waals surface area contributed by atoms with Crippen LogP contribution in [0.15, 0.2) is 30.9 Å². The quantitative estimate of drug-likeness (QED) is 0.801. The van der Waals surface area contributed by atoms with Crippen molar-refractivity contribution >= 4 is 5.95 Å². The molecule has 0 aliphatic carbocycles. The molecule has 1 N–H and O–H groups in total. The zero-order valence-electron chi connectivity index (χ0n) is 8.59. The van der Waals surface area contributed by atoms with Crippen LogP contribution in [-0.2, 0) is 13.5 Å². The van der Waals surface area contributed by atoms with Gasteiger partial charge in [-0.25, -0.2) is 9.97 Å². The molecular weight excluding hydrogens is 190 g/mol. The fraction of sp³-hybridized carbons (Fsp3) is 0.300. The minimum absolute atomic E-state index is 0.668. The fourth-order valence-corrected chi connectivity index (χ4v) is 1.31. The van der Waals surface area contributed by atoms with E-state index in [1.54, 1.807) is 23.1 Å². The predicted octanol–water partition coefficient (Wildman–Crippen LogP) is 0.865. The normalized spacial score (nSPS) is 10.2. The highest BCUT2D eigenvalue weighted by Gasteiger charge is 1.96. The van der Waals surface area contributed by atoms with Crippen LogP contribution in [-0.4, -0.2) is 26.3 Å². The highest BCUT2D eigenvalue weighted by Crippen LogP contribution is 1.99. The summed E-state index contributed by atoms with van der Waals surface area (Å²) in [5.74, 6) is 0.668. The van der Waals surface area contributed by atoms with Gasteiger partial charge in [-0.05, 0) is 18.1 Å². The molecule has 0 aromatic carbocycles. The van der Waals surface area contributed by atoms with Crippen LogP contribution >= 0.6 is 0 Å². The lowest BCUT2D eigenvalue weighted by Gasteiger charge is -2.01. The Morgan fingerprint density at radius 2 is 2.13 bits per heavy atom. The molecule has 15 heavy (non-hydrogen) atoms. The van der Waals surface area contributed by atoms with E-state index >= 15 is 0 Å². The van der Waals surface area contributed by atoms with Gasteiger partial charge in [0.05, 0.1) is 6.20 Å². The maximum absolute atomic E-state index is 4.10. The van der Waals surface area contributed by atoms with Gasteiger partial charge in [-0.15, -0.1) is 0 Å². The highest BCUT2D eigenvalue weighted by atomic mass is 15.2. The molecule has 0 saturated carbocycles. The van der Waals surface area contributed by atoms with Gasteiger partial charge in [-0.1, -0.05) is 0 Å². The second-order valence-corrected chi connectivity index (χ2v) is 3.27. The molecule has 2 aromatic rings. The van der Waals surface area contributed by atoms with E-state index in [0.717, 1.165) is 13.0 Å². The predicted molar refractivity (Wildman–Crippen MR) is 57.4 cm³/mol. The van der Waals surface area contributed by atoms with Gasteiger partial charge >= 0.3 is 0 Å². The van der Waals surface area contributed by atoms with E-state index in [4.69, 9.17) is 0 Å². The third kappa shape index (κ3) is 2.77. The largest absolute Gasteiger partial charge is 0.354 e. The number of nitrogens with one attached hydrogen (secondary N) is 1. The fourth-order valence-electron chi connectivity index (χ4n) is 1.31. The monoisotopic (exact) mass is 203 g/mol. The molecule has 0 amide bonds. The number of nitrogens with zero attached hydrogens (tertiary/aromatic N) is 4. The van der Waals surface area contributed by atoms with Gasteiger partial charge in [0.1, 0.15) is 0 Å². The summed E-state index contributed by atoms with van der Waals surface area (Å²) in [5.41, 5.74) is 1.21. The Labute approximate surface area is 88.2 Å². The van der Waals surface area contributed by atoms with Crippen LogP contribution in [0.4, 0.5) is 5.95 Å². The van der Waals surface area contributed by atoms with Gasteiger partial charge < -0.3 is 5.32 Å². The van der Waals surface area contributed by atoms with E-state index in [1.165, 1.54) is 5.56 Å². The first kappa shape index (κ1) is 9.64. The van der Waals surface area contributed by atoms with E-state index in [1.807, 2.05) is 19.4 Å². The summed E-state index contributed by atoms with van der Waals surface area (Å²) in [6.45, 7) is 0.815. The van der Waals surface area contributed by atoms with E-state index in [2.05, 4.69) is 20.4 Å². The zero-order valence-corrected chi connectivity index (χ0v) is 8.59. The zero-order chi connectivity index (χ0) is 10.5. The lowest BCUT2D eigenvalue weighted by atomic mass is 10.2. The molecule has 2 heterocycles. The van der Waals surface area contributed by atoms with E-state index in [9.17, 15) is 0 Å². The highest BCUT2D eigenvalue weighted by molar-refractivity contribution is 5.22. The Morgan fingerprint density at radius 3 is 2.80 bits per heavy atom. The average molecular weight is 203 g/mol. The molecule has 0 aliphatic rings. The van der Waals surface area contributed by atoms with E-state index in [-0.39, 0.29) is 0 Å². The molecule has 5 heteroatoms. The van der Waals surface area contributed by atoms with Crippen LogP contribution in [0, 0.1) is 0 Å². The summed E-state index contributed by atoms with van der Waals surface area (Å²) in [6, 6.07) is 1.80. The third-order valence-corrected chi connectivity index (χ3v) is 2.02. The van der Waals surface area contributed by atoms with Crippen LogP contribution in [0.2, 0.25) is 0 Å². The Morgan fingerprint density at radius 1 is 1.33 bits per heavy atom. The van der Waals surface area contributed by atoms with Crippen molar-refractivity contribution in [1.82, 2.24) is 19.7 Å². The SMILES string of the molecule is Cn1cc(CCNc2ncccn2)cn1. The van der Waals surface area contributed by atoms with E-state index < -0.39 is 0 Å². The standard InChI is InChI=1S/C10H13N5/c1-15-8-9(7-14-15)3-6-13-10-11-4-2-5-12-10/h2,4-5,7-8H,3,6H2,1H3,(H,11,12,13). The molecule has 2 rings (SSSR count). The van der Waals surface area contributed by atoms with Crippen LogP contribution in [0.1, 0.15) is 5.56 Å². The van der Waals surface area contributed by atoms with Crippen molar-refractivity contribution in [2.45, 2.75) is 6.42 Å². The second kappa shape index (κ2) is 4.54. The minimum Gasteiger partial charge on any atom is -0.354 e. The van der Waals surface area contributed by atoms with Crippen molar-refractivity contribution in [2.24, 2.45) is 7.05 Å². The molecule has 5 nitrogen and oxygen atoms in total. The van der Waals surface area contributed by atoms with Gasteiger partial charge in [0.15, 0.2) is 0 Å². The van der Waals surface area contributed by atoms with Crippen molar-refractivity contribution in [1.29, 1.82) is 0 Å². The first-order chi connectivity index (χ1) is 7.34. The summed E-state index contributed by atoms with van der Waals surface area (Å²) in [6.07, 6.45) is 8.24. The first-order valence-electron chi connectivity index (χ1n) is 4.83. The topological polar surface area (TPSA) is 55.6 Å². The van der Waals surface area contributed by atoms with Crippen molar-refractivity contribution < 1.29 is 0 Å². The van der Waals surface area contributed by atoms with Gasteiger partial charge in [0.25, 0.3) is 0 Å². The van der Waals surface area contributed by atoms with Crippen molar-refractivity contribution in [3.8, 4) is 0 Å². The number of rotatable bonds is 4. The number of anilines is 1. The van der Waals surface area contributed by atoms with Gasteiger partial charge in [-0.3, -0.25) is 4.68 Å². The van der Waals surface area contributed by atoms with Crippen LogP contribution in [0.25, 0.3) is 0 Å². The molecule has 0 spiro atoms. The Kier molecular flexibility index (Phi) is 2.92. The average Bonchev–Trinajstić information content (AvgIpc) is 2.66. The third-order valence-electron chi connectivity index (χ3n) is 2.02. The van der Waals surface area contributed by atoms with Gasteiger partial charge in [0, 0.05) is 32.2 Å².